The number of hydrogen-bond donors (Lipinski definition) is 1. The molecule has 0 aliphatic carbocycles. The summed E-state index contributed by atoms with van der Waals surface area (Å²) >= 11 is 5.96. The Morgan fingerprint density at radius 1 is 1.35 bits per heavy atom. The van der Waals surface area contributed by atoms with E-state index in [0.717, 1.165) is 32.6 Å². The number of likely N-dealkylation sites (tertiary alicyclic amines) is 1. The van der Waals surface area contributed by atoms with E-state index in [1.807, 2.05) is 16.5 Å². The van der Waals surface area contributed by atoms with Crippen molar-refractivity contribution in [2.45, 2.75) is 19.3 Å². The van der Waals surface area contributed by atoms with E-state index in [2.05, 4.69) is 5.32 Å². The van der Waals surface area contributed by atoms with Gasteiger partial charge in [-0.3, -0.25) is 4.79 Å². The van der Waals surface area contributed by atoms with Crippen molar-refractivity contribution in [3.63, 3.8) is 0 Å². The Hall–Kier alpha value is -0.710. The molecular weight excluding hydrogens is 297 g/mol. The number of nitrogens with one attached hydrogen (secondary N) is 1. The van der Waals surface area contributed by atoms with Gasteiger partial charge in [0.25, 0.3) is 5.91 Å². The lowest BCUT2D eigenvalue weighted by Gasteiger charge is -2.33. The number of piperidine rings is 1. The summed E-state index contributed by atoms with van der Waals surface area (Å²) in [5.74, 6) is 0.116. The minimum Gasteiger partial charge on any atom is -0.345 e. The van der Waals surface area contributed by atoms with E-state index in [1.54, 1.807) is 12.3 Å². The number of aromatic nitrogens is 1. The van der Waals surface area contributed by atoms with Crippen LogP contribution in [-0.2, 0) is 7.05 Å². The third-order valence-electron chi connectivity index (χ3n) is 4.58. The van der Waals surface area contributed by atoms with Gasteiger partial charge in [-0.2, -0.15) is 0 Å². The molecule has 1 amide bonds. The number of aryl methyl sites for hydroxylation is 1. The molecule has 112 valence electrons. The van der Waals surface area contributed by atoms with Gasteiger partial charge in [0.2, 0.25) is 0 Å². The van der Waals surface area contributed by atoms with E-state index in [1.165, 1.54) is 12.8 Å². The van der Waals surface area contributed by atoms with E-state index in [9.17, 15) is 4.79 Å². The lowest BCUT2D eigenvalue weighted by Crippen LogP contribution is -2.40. The van der Waals surface area contributed by atoms with Crippen LogP contribution < -0.4 is 5.32 Å². The number of halogens is 2. The molecule has 0 atom stereocenters. The molecule has 1 N–H and O–H groups in total. The second-order valence-electron chi connectivity index (χ2n) is 5.88. The van der Waals surface area contributed by atoms with Gasteiger partial charge in [-0.1, -0.05) is 11.6 Å². The molecule has 2 aliphatic heterocycles. The number of nitrogens with zero attached hydrogens (tertiary/aromatic N) is 2. The lowest BCUT2D eigenvalue weighted by atomic mass is 9.78. The second-order valence-corrected chi connectivity index (χ2v) is 6.32. The third-order valence-corrected chi connectivity index (χ3v) is 4.79. The largest absolute Gasteiger partial charge is 0.345 e. The monoisotopic (exact) mass is 317 g/mol. The van der Waals surface area contributed by atoms with Crippen LogP contribution in [0.3, 0.4) is 0 Å². The smallest absolute Gasteiger partial charge is 0.270 e. The van der Waals surface area contributed by atoms with Crippen LogP contribution in [0.1, 0.15) is 29.8 Å². The number of carbonyl (C=O) groups excluding carboxylic acids is 1. The summed E-state index contributed by atoms with van der Waals surface area (Å²) in [5, 5.41) is 4.03. The number of amides is 1. The molecule has 3 heterocycles. The Bertz CT molecular complexity index is 495. The molecule has 4 nitrogen and oxygen atoms in total. The Labute approximate surface area is 130 Å². The standard InChI is InChI=1S/C14H20ClN3O.ClH/c1-17-9-11(15)8-12(17)13(19)18-7-4-14(10-18)2-5-16-6-3-14;/h8-9,16H,2-7,10H2,1H3;1H. The molecule has 1 spiro atoms. The van der Waals surface area contributed by atoms with Gasteiger partial charge < -0.3 is 14.8 Å². The van der Waals surface area contributed by atoms with Crippen LogP contribution in [0.4, 0.5) is 0 Å². The first-order valence-electron chi connectivity index (χ1n) is 6.92. The molecule has 2 saturated heterocycles. The Balaban J connectivity index is 0.00000147. The number of rotatable bonds is 1. The maximum atomic E-state index is 12.5. The molecule has 20 heavy (non-hydrogen) atoms. The van der Waals surface area contributed by atoms with Gasteiger partial charge in [0.1, 0.15) is 5.69 Å². The molecule has 0 unspecified atom stereocenters. The first-order valence-corrected chi connectivity index (χ1v) is 7.29. The molecule has 1 aromatic rings. The van der Waals surface area contributed by atoms with Gasteiger partial charge in [0.05, 0.1) is 5.02 Å². The second kappa shape index (κ2) is 5.96. The van der Waals surface area contributed by atoms with Crippen LogP contribution in [0.2, 0.25) is 5.02 Å². The summed E-state index contributed by atoms with van der Waals surface area (Å²) < 4.78 is 1.82. The van der Waals surface area contributed by atoms with Crippen LogP contribution in [0.5, 0.6) is 0 Å². The van der Waals surface area contributed by atoms with Crippen molar-refractivity contribution in [3.8, 4) is 0 Å². The average Bonchev–Trinajstić information content (AvgIpc) is 2.94. The minimum atomic E-state index is 0. The normalized spacial score (nSPS) is 21.0. The molecule has 6 heteroatoms. The SMILES string of the molecule is Cl.Cn1cc(Cl)cc1C(=O)N1CCC2(CCNCC2)C1. The lowest BCUT2D eigenvalue weighted by molar-refractivity contribution is 0.0752. The molecule has 0 radical (unpaired) electrons. The highest BCUT2D eigenvalue weighted by molar-refractivity contribution is 6.31. The van der Waals surface area contributed by atoms with Crippen molar-refractivity contribution >= 4 is 29.9 Å². The fourth-order valence-corrected chi connectivity index (χ4v) is 3.62. The summed E-state index contributed by atoms with van der Waals surface area (Å²) in [5.41, 5.74) is 1.05. The zero-order valence-corrected chi connectivity index (χ0v) is 13.3. The first kappa shape index (κ1) is 15.7. The van der Waals surface area contributed by atoms with E-state index >= 15 is 0 Å². The fraction of sp³-hybridized carbons (Fsp3) is 0.643. The maximum Gasteiger partial charge on any atom is 0.270 e. The molecule has 0 aromatic carbocycles. The molecule has 1 aromatic heterocycles. The molecule has 3 rings (SSSR count). The van der Waals surface area contributed by atoms with Crippen LogP contribution >= 0.6 is 24.0 Å². The van der Waals surface area contributed by atoms with E-state index < -0.39 is 0 Å². The van der Waals surface area contributed by atoms with Crippen molar-refractivity contribution in [2.24, 2.45) is 12.5 Å². The van der Waals surface area contributed by atoms with E-state index in [0.29, 0.717) is 16.1 Å². The summed E-state index contributed by atoms with van der Waals surface area (Å²) in [4.78, 5) is 14.5. The summed E-state index contributed by atoms with van der Waals surface area (Å²) in [6, 6.07) is 1.76. The quantitative estimate of drug-likeness (QED) is 0.863. The third kappa shape index (κ3) is 2.83. The van der Waals surface area contributed by atoms with Gasteiger partial charge >= 0.3 is 0 Å². The van der Waals surface area contributed by atoms with Gasteiger partial charge in [-0.15, -0.1) is 12.4 Å². The number of carbonyl (C=O) groups is 1. The van der Waals surface area contributed by atoms with Crippen molar-refractivity contribution in [1.82, 2.24) is 14.8 Å². The Morgan fingerprint density at radius 2 is 2.05 bits per heavy atom. The van der Waals surface area contributed by atoms with Crippen molar-refractivity contribution < 1.29 is 4.79 Å². The molecule has 2 fully saturated rings. The van der Waals surface area contributed by atoms with Crippen LogP contribution in [-0.4, -0.2) is 41.6 Å². The van der Waals surface area contributed by atoms with Crippen molar-refractivity contribution in [2.75, 3.05) is 26.2 Å². The molecule has 2 aliphatic rings. The van der Waals surface area contributed by atoms with Crippen LogP contribution in [0.15, 0.2) is 12.3 Å². The predicted molar refractivity (Wildman–Crippen MR) is 82.7 cm³/mol. The zero-order valence-electron chi connectivity index (χ0n) is 11.7. The molecule has 0 bridgehead atoms. The summed E-state index contributed by atoms with van der Waals surface area (Å²) in [7, 11) is 1.87. The maximum absolute atomic E-state index is 12.5. The van der Waals surface area contributed by atoms with Crippen LogP contribution in [0.25, 0.3) is 0 Å². The highest BCUT2D eigenvalue weighted by Gasteiger charge is 2.40. The first-order chi connectivity index (χ1) is 9.10. The summed E-state index contributed by atoms with van der Waals surface area (Å²) in [6.45, 7) is 3.94. The van der Waals surface area contributed by atoms with E-state index in [-0.39, 0.29) is 18.3 Å². The van der Waals surface area contributed by atoms with Gasteiger partial charge in [0, 0.05) is 26.3 Å². The van der Waals surface area contributed by atoms with Crippen molar-refractivity contribution in [1.29, 1.82) is 0 Å². The van der Waals surface area contributed by atoms with E-state index in [4.69, 9.17) is 11.6 Å². The van der Waals surface area contributed by atoms with Gasteiger partial charge in [-0.05, 0) is 43.8 Å². The molecular formula is C14H21Cl2N3O. The zero-order chi connectivity index (χ0) is 13.5. The highest BCUT2D eigenvalue weighted by atomic mass is 35.5. The Morgan fingerprint density at radius 3 is 2.65 bits per heavy atom. The number of hydrogen-bond acceptors (Lipinski definition) is 2. The Kier molecular flexibility index (Phi) is 4.67. The van der Waals surface area contributed by atoms with Gasteiger partial charge in [0.15, 0.2) is 0 Å². The summed E-state index contributed by atoms with van der Waals surface area (Å²) in [6.07, 6.45) is 5.29. The predicted octanol–water partition coefficient (Wildman–Crippen LogP) is 2.32. The van der Waals surface area contributed by atoms with Crippen molar-refractivity contribution in [3.05, 3.63) is 23.0 Å². The fourth-order valence-electron chi connectivity index (χ4n) is 3.37. The van der Waals surface area contributed by atoms with Crippen LogP contribution in [0, 0.1) is 5.41 Å². The highest BCUT2D eigenvalue weighted by Crippen LogP contribution is 2.39. The van der Waals surface area contributed by atoms with Gasteiger partial charge in [-0.25, -0.2) is 0 Å². The minimum absolute atomic E-state index is 0. The average molecular weight is 318 g/mol. The molecule has 0 saturated carbocycles. The topological polar surface area (TPSA) is 37.3 Å².